The molecule has 0 amide bonds. The molecule has 0 spiro atoms. The molecule has 0 aliphatic carbocycles. The minimum absolute atomic E-state index is 0.138. The summed E-state index contributed by atoms with van der Waals surface area (Å²) < 4.78 is 0. The Kier molecular flexibility index (Phi) is 10.9. The average molecular weight is 318 g/mol. The first-order valence-electron chi connectivity index (χ1n) is 6.12. The van der Waals surface area contributed by atoms with Crippen LogP contribution >= 0.6 is 24.4 Å². The van der Waals surface area contributed by atoms with Crippen molar-refractivity contribution >= 4 is 34.7 Å². The lowest BCUT2D eigenvalue weighted by Gasteiger charge is -2.20. The third-order valence-electron chi connectivity index (χ3n) is 2.20. The van der Waals surface area contributed by atoms with E-state index in [0.29, 0.717) is 23.3 Å². The van der Waals surface area contributed by atoms with Crippen molar-refractivity contribution in [3.63, 3.8) is 0 Å². The Morgan fingerprint density at radius 3 is 1.50 bits per heavy atom. The third kappa shape index (κ3) is 9.68. The molecule has 8 heteroatoms. The zero-order valence-electron chi connectivity index (χ0n) is 11.3. The predicted molar refractivity (Wildman–Crippen MR) is 89.6 cm³/mol. The van der Waals surface area contributed by atoms with Crippen LogP contribution in [0.2, 0.25) is 0 Å². The molecule has 0 heterocycles. The van der Waals surface area contributed by atoms with Gasteiger partial charge in [-0.15, -0.1) is 13.2 Å². The molecule has 6 N–H and O–H groups in total. The maximum absolute atomic E-state index is 9.74. The summed E-state index contributed by atoms with van der Waals surface area (Å²) in [6.07, 6.45) is 1.40. The molecule has 0 rings (SSSR count). The van der Waals surface area contributed by atoms with E-state index in [1.807, 2.05) is 0 Å². The van der Waals surface area contributed by atoms with Crippen LogP contribution in [0, 0.1) is 0 Å². The highest BCUT2D eigenvalue weighted by Gasteiger charge is 2.16. The largest absolute Gasteiger partial charge is 0.389 e. The summed E-state index contributed by atoms with van der Waals surface area (Å²) in [4.78, 5) is 0. The summed E-state index contributed by atoms with van der Waals surface area (Å²) in [5, 5.41) is 31.6. The molecule has 0 aromatic heterocycles. The summed E-state index contributed by atoms with van der Waals surface area (Å²) in [5.74, 6) is 0. The molecule has 0 saturated carbocycles. The summed E-state index contributed by atoms with van der Waals surface area (Å²) in [5.41, 5.74) is 0. The van der Waals surface area contributed by atoms with Crippen LogP contribution in [-0.4, -0.2) is 58.8 Å². The Hall–Kier alpha value is -1.22. The molecule has 2 atom stereocenters. The van der Waals surface area contributed by atoms with Gasteiger partial charge in [-0.05, 0) is 24.4 Å². The lowest BCUT2D eigenvalue weighted by atomic mass is 10.2. The van der Waals surface area contributed by atoms with Gasteiger partial charge in [0.15, 0.2) is 10.2 Å². The zero-order valence-corrected chi connectivity index (χ0v) is 12.9. The third-order valence-corrected chi connectivity index (χ3v) is 2.78. The normalized spacial score (nSPS) is 12.7. The van der Waals surface area contributed by atoms with Gasteiger partial charge in [-0.25, -0.2) is 0 Å². The molecule has 0 radical (unpaired) electrons. The Balaban J connectivity index is 3.82. The van der Waals surface area contributed by atoms with Gasteiger partial charge in [0.05, 0.1) is 12.2 Å². The molecular formula is C12H22N4O2S2. The summed E-state index contributed by atoms with van der Waals surface area (Å²) in [7, 11) is 0. The Bertz CT molecular complexity index is 307. The number of hydrogen-bond acceptors (Lipinski definition) is 4. The first kappa shape index (κ1) is 18.8. The van der Waals surface area contributed by atoms with Crippen molar-refractivity contribution in [2.45, 2.75) is 12.2 Å². The van der Waals surface area contributed by atoms with Crippen molar-refractivity contribution in [2.75, 3.05) is 26.2 Å². The zero-order chi connectivity index (χ0) is 15.4. The fraction of sp³-hybridized carbons (Fsp3) is 0.500. The SMILES string of the molecule is C=CCNC(=S)NCC(O)C(O)CNC(=S)NCC=C. The second-order valence-electron chi connectivity index (χ2n) is 3.89. The second kappa shape index (κ2) is 11.6. The van der Waals surface area contributed by atoms with E-state index in [2.05, 4.69) is 34.4 Å². The lowest BCUT2D eigenvalue weighted by molar-refractivity contribution is 0.0260. The van der Waals surface area contributed by atoms with Crippen LogP contribution in [0.15, 0.2) is 25.3 Å². The van der Waals surface area contributed by atoms with E-state index in [0.717, 1.165) is 0 Å². The molecule has 0 bridgehead atoms. The van der Waals surface area contributed by atoms with Crippen LogP contribution in [0.1, 0.15) is 0 Å². The maximum Gasteiger partial charge on any atom is 0.166 e. The van der Waals surface area contributed by atoms with Crippen molar-refractivity contribution in [1.82, 2.24) is 21.3 Å². The van der Waals surface area contributed by atoms with Crippen molar-refractivity contribution in [3.8, 4) is 0 Å². The minimum Gasteiger partial charge on any atom is -0.389 e. The van der Waals surface area contributed by atoms with Crippen LogP contribution in [0.25, 0.3) is 0 Å². The number of thiocarbonyl (C=S) groups is 2. The summed E-state index contributed by atoms with van der Waals surface area (Å²) in [6.45, 7) is 8.44. The van der Waals surface area contributed by atoms with Gasteiger partial charge in [0, 0.05) is 26.2 Å². The Morgan fingerprint density at radius 2 is 1.20 bits per heavy atom. The van der Waals surface area contributed by atoms with Gasteiger partial charge < -0.3 is 31.5 Å². The van der Waals surface area contributed by atoms with E-state index < -0.39 is 12.2 Å². The van der Waals surface area contributed by atoms with Crippen molar-refractivity contribution in [2.24, 2.45) is 0 Å². The summed E-state index contributed by atoms with van der Waals surface area (Å²) in [6, 6.07) is 0. The first-order chi connectivity index (χ1) is 9.51. The van der Waals surface area contributed by atoms with E-state index in [1.54, 1.807) is 12.2 Å². The smallest absolute Gasteiger partial charge is 0.166 e. The molecule has 20 heavy (non-hydrogen) atoms. The van der Waals surface area contributed by atoms with Crippen molar-refractivity contribution < 1.29 is 10.2 Å². The van der Waals surface area contributed by atoms with Gasteiger partial charge in [0.25, 0.3) is 0 Å². The highest BCUT2D eigenvalue weighted by Crippen LogP contribution is 1.91. The van der Waals surface area contributed by atoms with Crippen LogP contribution in [0.5, 0.6) is 0 Å². The first-order valence-corrected chi connectivity index (χ1v) is 6.94. The molecule has 2 unspecified atom stereocenters. The number of hydrogen-bond donors (Lipinski definition) is 6. The quantitative estimate of drug-likeness (QED) is 0.239. The van der Waals surface area contributed by atoms with E-state index in [1.165, 1.54) is 0 Å². The maximum atomic E-state index is 9.74. The van der Waals surface area contributed by atoms with Gasteiger partial charge in [-0.2, -0.15) is 0 Å². The number of nitrogens with one attached hydrogen (secondary N) is 4. The molecule has 0 aromatic carbocycles. The van der Waals surface area contributed by atoms with Crippen LogP contribution in [0.4, 0.5) is 0 Å². The van der Waals surface area contributed by atoms with Gasteiger partial charge >= 0.3 is 0 Å². The molecule has 6 nitrogen and oxygen atoms in total. The van der Waals surface area contributed by atoms with E-state index in [9.17, 15) is 10.2 Å². The predicted octanol–water partition coefficient (Wildman–Crippen LogP) is -0.992. The van der Waals surface area contributed by atoms with Gasteiger partial charge in [0.1, 0.15) is 0 Å². The van der Waals surface area contributed by atoms with Crippen LogP contribution in [0.3, 0.4) is 0 Å². The number of rotatable bonds is 9. The van der Waals surface area contributed by atoms with E-state index in [4.69, 9.17) is 24.4 Å². The fourth-order valence-electron chi connectivity index (χ4n) is 1.12. The number of aliphatic hydroxyl groups excluding tert-OH is 2. The Morgan fingerprint density at radius 1 is 0.850 bits per heavy atom. The van der Waals surface area contributed by atoms with Crippen molar-refractivity contribution in [1.29, 1.82) is 0 Å². The van der Waals surface area contributed by atoms with Gasteiger partial charge in [0.2, 0.25) is 0 Å². The lowest BCUT2D eigenvalue weighted by Crippen LogP contribution is -2.48. The highest BCUT2D eigenvalue weighted by atomic mass is 32.1. The van der Waals surface area contributed by atoms with Gasteiger partial charge in [-0.1, -0.05) is 12.2 Å². The van der Waals surface area contributed by atoms with E-state index in [-0.39, 0.29) is 13.1 Å². The molecule has 0 aromatic rings. The van der Waals surface area contributed by atoms with Gasteiger partial charge in [-0.3, -0.25) is 0 Å². The molecular weight excluding hydrogens is 296 g/mol. The van der Waals surface area contributed by atoms with Crippen molar-refractivity contribution in [3.05, 3.63) is 25.3 Å². The average Bonchev–Trinajstić information content (AvgIpc) is 2.45. The number of aliphatic hydroxyl groups is 2. The molecule has 0 saturated heterocycles. The van der Waals surface area contributed by atoms with E-state index >= 15 is 0 Å². The summed E-state index contributed by atoms with van der Waals surface area (Å²) >= 11 is 9.92. The van der Waals surface area contributed by atoms with Crippen LogP contribution < -0.4 is 21.3 Å². The molecule has 0 aliphatic rings. The Labute approximate surface area is 130 Å². The minimum atomic E-state index is -0.965. The molecule has 114 valence electrons. The standard InChI is InChI=1S/C12H22N4O2S2/c1-3-5-13-11(19)15-7-9(17)10(18)8-16-12(20)14-6-4-2/h3-4,9-10,17-18H,1-2,5-8H2,(H2,13,15,19)(H2,14,16,20). The highest BCUT2D eigenvalue weighted by molar-refractivity contribution is 7.80. The topological polar surface area (TPSA) is 88.6 Å². The fourth-order valence-corrected chi connectivity index (χ4v) is 1.45. The second-order valence-corrected chi connectivity index (χ2v) is 4.71. The molecule has 0 fully saturated rings. The monoisotopic (exact) mass is 318 g/mol. The molecule has 0 aliphatic heterocycles. The van der Waals surface area contributed by atoms with Crippen LogP contribution in [-0.2, 0) is 0 Å².